The van der Waals surface area contributed by atoms with Crippen LogP contribution in [0.4, 0.5) is 0 Å². The van der Waals surface area contributed by atoms with Crippen LogP contribution in [0.2, 0.25) is 0 Å². The fraction of sp³-hybridized carbons (Fsp3) is 0.429. The zero-order valence-electron chi connectivity index (χ0n) is 22.5. The van der Waals surface area contributed by atoms with Crippen molar-refractivity contribution >= 4 is 23.9 Å². The van der Waals surface area contributed by atoms with Gasteiger partial charge in [-0.2, -0.15) is 0 Å². The Morgan fingerprint density at radius 2 is 1.54 bits per heavy atom. The molecule has 41 heavy (non-hydrogen) atoms. The molecule has 222 valence electrons. The lowest BCUT2D eigenvalue weighted by Crippen LogP contribution is -2.42. The van der Waals surface area contributed by atoms with Crippen molar-refractivity contribution < 1.29 is 58.6 Å². The Morgan fingerprint density at radius 3 is 2.10 bits per heavy atom. The van der Waals surface area contributed by atoms with E-state index in [0.29, 0.717) is 5.75 Å². The first-order valence-corrected chi connectivity index (χ1v) is 12.8. The van der Waals surface area contributed by atoms with Crippen LogP contribution >= 0.6 is 0 Å². The largest absolute Gasteiger partial charge is 0.481 e. The molecule has 1 saturated heterocycles. The lowest BCUT2D eigenvalue weighted by atomic mass is 9.96. The third kappa shape index (κ3) is 10.0. The number of aliphatic hydroxyl groups is 1. The molecule has 1 fully saturated rings. The zero-order valence-corrected chi connectivity index (χ0v) is 22.5. The number of rotatable bonds is 12. The minimum Gasteiger partial charge on any atom is -0.481 e. The number of carbonyl (C=O) groups is 4. The van der Waals surface area contributed by atoms with Crippen molar-refractivity contribution in [3.05, 3.63) is 53.6 Å². The highest BCUT2D eigenvalue weighted by Gasteiger charge is 2.40. The molecule has 4 N–H and O–H groups in total. The van der Waals surface area contributed by atoms with Gasteiger partial charge in [0, 0.05) is 33.2 Å². The Labute approximate surface area is 235 Å². The normalized spacial score (nSPS) is 15.6. The molecule has 13 nitrogen and oxygen atoms in total. The molecule has 0 saturated carbocycles. The first-order chi connectivity index (χ1) is 19.4. The van der Waals surface area contributed by atoms with Crippen molar-refractivity contribution in [2.75, 3.05) is 19.9 Å². The number of aliphatic carboxylic acids is 3. The molecule has 2 heterocycles. The number of esters is 1. The second-order valence-corrected chi connectivity index (χ2v) is 9.71. The van der Waals surface area contributed by atoms with Crippen molar-refractivity contribution in [1.29, 1.82) is 0 Å². The molecule has 0 spiro atoms. The molecule has 4 rings (SSSR count). The van der Waals surface area contributed by atoms with Gasteiger partial charge in [0.25, 0.3) is 0 Å². The quantitative estimate of drug-likeness (QED) is 0.213. The summed E-state index contributed by atoms with van der Waals surface area (Å²) in [4.78, 5) is 44.0. The smallest absolute Gasteiger partial charge is 0.336 e. The van der Waals surface area contributed by atoms with Crippen molar-refractivity contribution in [2.45, 2.75) is 57.4 Å². The number of fused-ring (bicyclic) bond motifs is 1. The summed E-state index contributed by atoms with van der Waals surface area (Å²) in [5.41, 5.74) is -0.397. The number of carboxylic acids is 3. The summed E-state index contributed by atoms with van der Waals surface area (Å²) in [6.07, 6.45) is 0.209. The van der Waals surface area contributed by atoms with Crippen LogP contribution in [0.25, 0.3) is 0 Å². The third-order valence-corrected chi connectivity index (χ3v) is 6.21. The van der Waals surface area contributed by atoms with E-state index < -0.39 is 36.4 Å². The lowest BCUT2D eigenvalue weighted by molar-refractivity contribution is -0.170. The van der Waals surface area contributed by atoms with Gasteiger partial charge in [0.05, 0.1) is 18.9 Å². The highest BCUT2D eigenvalue weighted by molar-refractivity contribution is 5.88. The molecule has 2 aromatic rings. The van der Waals surface area contributed by atoms with Crippen molar-refractivity contribution in [3.8, 4) is 17.2 Å². The van der Waals surface area contributed by atoms with E-state index in [-0.39, 0.29) is 18.9 Å². The third-order valence-electron chi connectivity index (χ3n) is 6.21. The molecular weight excluding hydrogens is 542 g/mol. The van der Waals surface area contributed by atoms with Gasteiger partial charge in [-0.3, -0.25) is 19.3 Å². The Morgan fingerprint density at radius 1 is 0.927 bits per heavy atom. The number of nitrogens with zero attached hydrogens (tertiary/aromatic N) is 1. The van der Waals surface area contributed by atoms with Gasteiger partial charge in [-0.15, -0.1) is 0 Å². The summed E-state index contributed by atoms with van der Waals surface area (Å²) < 4.78 is 21.9. The van der Waals surface area contributed by atoms with Gasteiger partial charge in [-0.25, -0.2) is 4.79 Å². The summed E-state index contributed by atoms with van der Waals surface area (Å²) in [6.45, 7) is 4.99. The molecule has 0 aliphatic carbocycles. The van der Waals surface area contributed by atoms with Gasteiger partial charge in [0.2, 0.25) is 6.79 Å². The molecule has 1 atom stereocenters. The van der Waals surface area contributed by atoms with Crippen LogP contribution in [0.3, 0.4) is 0 Å². The van der Waals surface area contributed by atoms with Crippen LogP contribution < -0.4 is 14.2 Å². The minimum absolute atomic E-state index is 0.273. The van der Waals surface area contributed by atoms with E-state index in [1.165, 1.54) is 12.5 Å². The fourth-order valence-corrected chi connectivity index (χ4v) is 4.36. The van der Waals surface area contributed by atoms with E-state index in [0.717, 1.165) is 56.1 Å². The fourth-order valence-electron chi connectivity index (χ4n) is 4.36. The zero-order chi connectivity index (χ0) is 30.0. The van der Waals surface area contributed by atoms with Crippen LogP contribution in [0.15, 0.2) is 42.5 Å². The van der Waals surface area contributed by atoms with Crippen LogP contribution in [-0.4, -0.2) is 80.9 Å². The summed E-state index contributed by atoms with van der Waals surface area (Å²) in [7, 11) is 0. The predicted molar refractivity (Wildman–Crippen MR) is 140 cm³/mol. The monoisotopic (exact) mass is 575 g/mol. The number of benzene rings is 2. The van der Waals surface area contributed by atoms with Gasteiger partial charge in [0.1, 0.15) is 5.75 Å². The van der Waals surface area contributed by atoms with E-state index in [1.54, 1.807) is 0 Å². The number of carbonyl (C=O) groups excluding carboxylic acids is 1. The van der Waals surface area contributed by atoms with Gasteiger partial charge in [-0.05, 0) is 48.2 Å². The standard InChI is InChI=1S/C22H25NO5.C6H8O7/c1-16(24)28-19-7-4-17(5-8-19)12-23(14-20-3-2-10-25-20)13-18-6-9-21-22(11-18)27-15-26-21;7-3(8)1-6(13,5(11)12)2-4(9)10/h4-9,11,20H,2-3,10,12-15H2,1H3;13H,1-2H2,(H,7,8)(H,9,10)(H,11,12). The lowest BCUT2D eigenvalue weighted by Gasteiger charge is -2.25. The minimum atomic E-state index is -2.74. The van der Waals surface area contributed by atoms with Crippen LogP contribution in [0.5, 0.6) is 17.2 Å². The summed E-state index contributed by atoms with van der Waals surface area (Å²) in [6, 6.07) is 13.8. The van der Waals surface area contributed by atoms with Gasteiger partial charge < -0.3 is 39.4 Å². The maximum Gasteiger partial charge on any atom is 0.336 e. The molecule has 0 aromatic heterocycles. The van der Waals surface area contributed by atoms with E-state index in [9.17, 15) is 19.2 Å². The maximum atomic E-state index is 11.1. The van der Waals surface area contributed by atoms with Gasteiger partial charge in [0.15, 0.2) is 17.1 Å². The average Bonchev–Trinajstić information content (AvgIpc) is 3.56. The maximum absolute atomic E-state index is 11.1. The number of ether oxygens (including phenoxy) is 4. The summed E-state index contributed by atoms with van der Waals surface area (Å²) in [5.74, 6) is -3.15. The molecular formula is C28H33NO12. The highest BCUT2D eigenvalue weighted by Crippen LogP contribution is 2.33. The first-order valence-electron chi connectivity index (χ1n) is 12.8. The average molecular weight is 576 g/mol. The second kappa shape index (κ2) is 14.4. The van der Waals surface area contributed by atoms with Crippen molar-refractivity contribution in [3.63, 3.8) is 0 Å². The number of hydrogen-bond acceptors (Lipinski definition) is 10. The molecule has 0 bridgehead atoms. The van der Waals surface area contributed by atoms with Gasteiger partial charge >= 0.3 is 23.9 Å². The molecule has 2 aromatic carbocycles. The van der Waals surface area contributed by atoms with E-state index in [4.69, 9.17) is 39.4 Å². The number of hydrogen-bond donors (Lipinski definition) is 4. The summed E-state index contributed by atoms with van der Waals surface area (Å²) >= 11 is 0. The number of carboxylic acid groups (broad SMARTS) is 3. The van der Waals surface area contributed by atoms with Gasteiger partial charge in [-0.1, -0.05) is 18.2 Å². The predicted octanol–water partition coefficient (Wildman–Crippen LogP) is 2.27. The SMILES string of the molecule is CC(=O)Oc1ccc(CN(Cc2ccc3c(c2)OCO3)CC2CCCO2)cc1.O=C(O)CC(O)(CC(=O)O)C(=O)O. The Bertz CT molecular complexity index is 1210. The van der Waals surface area contributed by atoms with Crippen molar-refractivity contribution in [2.24, 2.45) is 0 Å². The van der Waals surface area contributed by atoms with Crippen molar-refractivity contribution in [1.82, 2.24) is 4.90 Å². The molecule has 1 unspecified atom stereocenters. The molecule has 2 aliphatic rings. The first kappa shape index (κ1) is 31.3. The summed E-state index contributed by atoms with van der Waals surface area (Å²) in [5, 5.41) is 33.8. The Kier molecular flexibility index (Phi) is 11.0. The second-order valence-electron chi connectivity index (χ2n) is 9.71. The van der Waals surface area contributed by atoms with Crippen LogP contribution in [0.1, 0.15) is 43.7 Å². The topological polar surface area (TPSA) is 189 Å². The van der Waals surface area contributed by atoms with Crippen LogP contribution in [-0.2, 0) is 37.0 Å². The van der Waals surface area contributed by atoms with E-state index >= 15 is 0 Å². The molecule has 0 radical (unpaired) electrons. The van der Waals surface area contributed by atoms with E-state index in [2.05, 4.69) is 17.0 Å². The van der Waals surface area contributed by atoms with E-state index in [1.807, 2.05) is 30.3 Å². The van der Waals surface area contributed by atoms with Crippen LogP contribution in [0, 0.1) is 0 Å². The molecule has 0 amide bonds. The highest BCUT2D eigenvalue weighted by atomic mass is 16.7. The molecule has 13 heteroatoms. The Hall–Kier alpha value is -4.20. The molecule has 2 aliphatic heterocycles. The Balaban J connectivity index is 0.000000302.